The Morgan fingerprint density at radius 2 is 2.06 bits per heavy atom. The molecule has 0 amide bonds. The van der Waals surface area contributed by atoms with Crippen molar-refractivity contribution in [1.29, 1.82) is 0 Å². The first kappa shape index (κ1) is 23.6. The molecule has 2 saturated heterocycles. The highest BCUT2D eigenvalue weighted by atomic mass is 19.3. The fraction of sp³-hybridized carbons (Fsp3) is 0.545. The van der Waals surface area contributed by atoms with Gasteiger partial charge in [-0.15, -0.1) is 0 Å². The van der Waals surface area contributed by atoms with Crippen LogP contribution in [0.15, 0.2) is 24.7 Å². The van der Waals surface area contributed by atoms with Gasteiger partial charge in [-0.25, -0.2) is 23.3 Å². The fourth-order valence-electron chi connectivity index (χ4n) is 4.35. The molecule has 2 unspecified atom stereocenters. The van der Waals surface area contributed by atoms with Gasteiger partial charge in [0.05, 0.1) is 52.2 Å². The number of morpholine rings is 1. The van der Waals surface area contributed by atoms with E-state index < -0.39 is 18.6 Å². The van der Waals surface area contributed by atoms with E-state index in [0.29, 0.717) is 35.7 Å². The molecule has 0 bridgehead atoms. The van der Waals surface area contributed by atoms with Crippen molar-refractivity contribution in [3.8, 4) is 23.1 Å². The molecular formula is C22H27F2N7O4. The highest BCUT2D eigenvalue weighted by Gasteiger charge is 2.50. The summed E-state index contributed by atoms with van der Waals surface area (Å²) in [6.07, 6.45) is 3.23. The summed E-state index contributed by atoms with van der Waals surface area (Å²) in [7, 11) is 4.92. The van der Waals surface area contributed by atoms with Crippen molar-refractivity contribution in [2.45, 2.75) is 18.1 Å². The number of hydrogen-bond donors (Lipinski definition) is 0. The van der Waals surface area contributed by atoms with E-state index in [-0.39, 0.29) is 31.1 Å². The standard InChI is InChI=1S/C22H27F2N7O4/c1-29-6-7-34-14(10-29)12-35-18-11-30(13-22(18,23)24)19-17-8-16(28-31(17)5-4-25-19)15-9-26-21(33-3)27-20(15)32-2/h4-5,8-9,14,18H,6-7,10-13H2,1-3H3. The predicted molar refractivity (Wildman–Crippen MR) is 121 cm³/mol. The van der Waals surface area contributed by atoms with Crippen LogP contribution in [-0.2, 0) is 9.47 Å². The Hall–Kier alpha value is -3.16. The Bertz CT molecular complexity index is 1190. The van der Waals surface area contributed by atoms with Crippen LogP contribution in [-0.4, -0.2) is 108 Å². The second-order valence-electron chi connectivity index (χ2n) is 8.61. The molecule has 0 radical (unpaired) electrons. The average molecular weight is 491 g/mol. The maximum Gasteiger partial charge on any atom is 0.319 e. The molecule has 5 rings (SSSR count). The minimum Gasteiger partial charge on any atom is -0.480 e. The van der Waals surface area contributed by atoms with Gasteiger partial charge in [-0.2, -0.15) is 10.1 Å². The zero-order valence-electron chi connectivity index (χ0n) is 19.7. The number of likely N-dealkylation sites (N-methyl/N-ethyl adjacent to an activating group) is 1. The molecule has 0 saturated carbocycles. The van der Waals surface area contributed by atoms with E-state index in [1.165, 1.54) is 31.5 Å². The topological polar surface area (TPSA) is 99.4 Å². The second kappa shape index (κ2) is 9.47. The first-order chi connectivity index (χ1) is 16.9. The number of anilines is 1. The molecule has 5 heterocycles. The summed E-state index contributed by atoms with van der Waals surface area (Å²) in [5.74, 6) is -2.36. The predicted octanol–water partition coefficient (Wildman–Crippen LogP) is 1.37. The van der Waals surface area contributed by atoms with E-state index >= 15 is 0 Å². The number of halogens is 2. The average Bonchev–Trinajstić information content (AvgIpc) is 3.42. The van der Waals surface area contributed by atoms with E-state index in [1.54, 1.807) is 16.8 Å². The lowest BCUT2D eigenvalue weighted by molar-refractivity contribution is -0.136. The number of ether oxygens (including phenoxy) is 4. The van der Waals surface area contributed by atoms with Crippen LogP contribution in [0.4, 0.5) is 14.6 Å². The van der Waals surface area contributed by atoms with Crippen LogP contribution in [0.5, 0.6) is 11.9 Å². The number of aromatic nitrogens is 5. The van der Waals surface area contributed by atoms with Crippen molar-refractivity contribution in [3.63, 3.8) is 0 Å². The Labute approximate surface area is 200 Å². The Morgan fingerprint density at radius 3 is 2.83 bits per heavy atom. The smallest absolute Gasteiger partial charge is 0.319 e. The largest absolute Gasteiger partial charge is 0.480 e. The van der Waals surface area contributed by atoms with Crippen LogP contribution >= 0.6 is 0 Å². The summed E-state index contributed by atoms with van der Waals surface area (Å²) < 4.78 is 53.1. The maximum absolute atomic E-state index is 14.9. The zero-order chi connectivity index (χ0) is 24.6. The van der Waals surface area contributed by atoms with E-state index in [1.807, 2.05) is 7.05 Å². The number of rotatable bonds is 7. The van der Waals surface area contributed by atoms with Gasteiger partial charge in [-0.1, -0.05) is 0 Å². The van der Waals surface area contributed by atoms with Crippen LogP contribution in [0, 0.1) is 0 Å². The Morgan fingerprint density at radius 1 is 1.20 bits per heavy atom. The molecule has 0 N–H and O–H groups in total. The van der Waals surface area contributed by atoms with Gasteiger partial charge in [-0.05, 0) is 13.1 Å². The van der Waals surface area contributed by atoms with E-state index in [9.17, 15) is 8.78 Å². The van der Waals surface area contributed by atoms with Crippen LogP contribution < -0.4 is 14.4 Å². The summed E-state index contributed by atoms with van der Waals surface area (Å²) in [4.78, 5) is 16.3. The van der Waals surface area contributed by atoms with Crippen molar-refractivity contribution in [2.75, 3.05) is 65.6 Å². The molecule has 2 aliphatic heterocycles. The summed E-state index contributed by atoms with van der Waals surface area (Å²) in [5.41, 5.74) is 1.61. The molecule has 13 heteroatoms. The van der Waals surface area contributed by atoms with Crippen LogP contribution in [0.1, 0.15) is 0 Å². The molecule has 3 aromatic heterocycles. The molecule has 35 heavy (non-hydrogen) atoms. The van der Waals surface area contributed by atoms with Crippen molar-refractivity contribution in [3.05, 3.63) is 24.7 Å². The van der Waals surface area contributed by atoms with Gasteiger partial charge in [0.25, 0.3) is 5.92 Å². The van der Waals surface area contributed by atoms with E-state index in [0.717, 1.165) is 6.54 Å². The zero-order valence-corrected chi connectivity index (χ0v) is 19.7. The third kappa shape index (κ3) is 4.70. The van der Waals surface area contributed by atoms with Gasteiger partial charge in [-0.3, -0.25) is 0 Å². The summed E-state index contributed by atoms with van der Waals surface area (Å²) in [6.45, 7) is 1.64. The van der Waals surface area contributed by atoms with Gasteiger partial charge >= 0.3 is 6.01 Å². The Kier molecular flexibility index (Phi) is 6.38. The number of alkyl halides is 2. The second-order valence-corrected chi connectivity index (χ2v) is 8.61. The molecule has 0 aromatic carbocycles. The molecule has 2 aliphatic rings. The molecule has 3 aromatic rings. The molecule has 0 aliphatic carbocycles. The lowest BCUT2D eigenvalue weighted by Crippen LogP contribution is -2.44. The third-order valence-electron chi connectivity index (χ3n) is 6.14. The number of fused-ring (bicyclic) bond motifs is 1. The fourth-order valence-corrected chi connectivity index (χ4v) is 4.35. The molecule has 0 spiro atoms. The van der Waals surface area contributed by atoms with Gasteiger partial charge < -0.3 is 28.7 Å². The lowest BCUT2D eigenvalue weighted by atomic mass is 10.2. The molecule has 2 atom stereocenters. The quantitative estimate of drug-likeness (QED) is 0.482. The first-order valence-electron chi connectivity index (χ1n) is 11.2. The highest BCUT2D eigenvalue weighted by molar-refractivity contribution is 5.77. The number of hydrogen-bond acceptors (Lipinski definition) is 10. The Balaban J connectivity index is 1.38. The minimum absolute atomic E-state index is 0.00227. The minimum atomic E-state index is -3.04. The van der Waals surface area contributed by atoms with E-state index in [4.69, 9.17) is 18.9 Å². The summed E-state index contributed by atoms with van der Waals surface area (Å²) in [5, 5.41) is 4.55. The summed E-state index contributed by atoms with van der Waals surface area (Å²) >= 11 is 0. The van der Waals surface area contributed by atoms with Crippen LogP contribution in [0.25, 0.3) is 16.8 Å². The first-order valence-corrected chi connectivity index (χ1v) is 11.2. The molecule has 11 nitrogen and oxygen atoms in total. The van der Waals surface area contributed by atoms with Gasteiger partial charge in [0, 0.05) is 31.7 Å². The van der Waals surface area contributed by atoms with Crippen molar-refractivity contribution < 1.29 is 27.7 Å². The van der Waals surface area contributed by atoms with Crippen molar-refractivity contribution in [1.82, 2.24) is 29.5 Å². The third-order valence-corrected chi connectivity index (χ3v) is 6.14. The number of nitrogens with zero attached hydrogens (tertiary/aromatic N) is 7. The van der Waals surface area contributed by atoms with Crippen LogP contribution in [0.3, 0.4) is 0 Å². The SMILES string of the molecule is COc1ncc(-c2cc3c(N4CC(OCC5CN(C)CCO5)C(F)(F)C4)nccn3n2)c(OC)n1. The van der Waals surface area contributed by atoms with Gasteiger partial charge in [0.15, 0.2) is 5.82 Å². The van der Waals surface area contributed by atoms with Crippen molar-refractivity contribution >= 4 is 11.3 Å². The molecular weight excluding hydrogens is 464 g/mol. The molecule has 188 valence electrons. The van der Waals surface area contributed by atoms with Crippen molar-refractivity contribution in [2.24, 2.45) is 0 Å². The summed E-state index contributed by atoms with van der Waals surface area (Å²) in [6, 6.07) is 1.90. The van der Waals surface area contributed by atoms with Gasteiger partial charge in [0.1, 0.15) is 17.3 Å². The lowest BCUT2D eigenvalue weighted by Gasteiger charge is -2.31. The van der Waals surface area contributed by atoms with E-state index in [2.05, 4.69) is 25.0 Å². The highest BCUT2D eigenvalue weighted by Crippen LogP contribution is 2.36. The number of methoxy groups -OCH3 is 2. The maximum atomic E-state index is 14.9. The monoisotopic (exact) mass is 491 g/mol. The van der Waals surface area contributed by atoms with Gasteiger partial charge in [0.2, 0.25) is 5.88 Å². The normalized spacial score (nSPS) is 22.6. The molecule has 2 fully saturated rings. The van der Waals surface area contributed by atoms with Crippen LogP contribution in [0.2, 0.25) is 0 Å².